The molecule has 8 nitrogen and oxygen atoms in total. The summed E-state index contributed by atoms with van der Waals surface area (Å²) in [6.07, 6.45) is 1.10. The van der Waals surface area contributed by atoms with Crippen LogP contribution < -0.4 is 5.43 Å². The molecule has 0 saturated carbocycles. The summed E-state index contributed by atoms with van der Waals surface area (Å²) in [6, 6.07) is 18.5. The van der Waals surface area contributed by atoms with Gasteiger partial charge in [-0.2, -0.15) is 5.10 Å². The second-order valence-corrected chi connectivity index (χ2v) is 7.00. The number of likely N-dealkylation sites (N-methyl/N-ethyl adjacent to an activating group) is 2. The van der Waals surface area contributed by atoms with Crippen LogP contribution >= 0.6 is 0 Å². The number of nitrogens with one attached hydrogen (secondary N) is 1. The quantitative estimate of drug-likeness (QED) is 0.637. The van der Waals surface area contributed by atoms with Crippen LogP contribution in [0.4, 0.5) is 4.79 Å². The molecule has 0 bridgehead atoms. The van der Waals surface area contributed by atoms with Gasteiger partial charge < -0.3 is 9.80 Å². The Balaban J connectivity index is 1.62. The van der Waals surface area contributed by atoms with Crippen LogP contribution in [0, 0.1) is 0 Å². The average Bonchev–Trinajstić information content (AvgIpc) is 3.10. The molecule has 3 amide bonds. The Kier molecular flexibility index (Phi) is 4.99. The van der Waals surface area contributed by atoms with Gasteiger partial charge in [0.25, 0.3) is 5.91 Å². The number of imide groups is 1. The molecule has 0 spiro atoms. The lowest BCUT2D eigenvalue weighted by atomic mass is 10.1. The molecule has 8 heteroatoms. The normalized spacial score (nSPS) is 21.6. The predicted octanol–water partition coefficient (Wildman–Crippen LogP) is 1.70. The van der Waals surface area contributed by atoms with Gasteiger partial charge in [-0.3, -0.25) is 9.69 Å². The molecule has 2 unspecified atom stereocenters. The molecule has 0 aromatic heterocycles. The van der Waals surface area contributed by atoms with Crippen LogP contribution in [-0.2, 0) is 11.3 Å². The van der Waals surface area contributed by atoms with Crippen molar-refractivity contribution >= 4 is 24.1 Å². The molecule has 29 heavy (non-hydrogen) atoms. The van der Waals surface area contributed by atoms with Crippen molar-refractivity contribution in [2.45, 2.75) is 18.8 Å². The van der Waals surface area contributed by atoms with Crippen LogP contribution in [-0.4, -0.2) is 65.1 Å². The van der Waals surface area contributed by atoms with E-state index < -0.39 is 12.2 Å². The van der Waals surface area contributed by atoms with Gasteiger partial charge in [0, 0.05) is 20.6 Å². The van der Waals surface area contributed by atoms with E-state index in [0.717, 1.165) is 16.0 Å². The van der Waals surface area contributed by atoms with Crippen molar-refractivity contribution in [3.05, 3.63) is 71.8 Å². The van der Waals surface area contributed by atoms with E-state index >= 15 is 0 Å². The van der Waals surface area contributed by atoms with Gasteiger partial charge in [-0.15, -0.1) is 0 Å². The van der Waals surface area contributed by atoms with Gasteiger partial charge >= 0.3 is 6.03 Å². The maximum atomic E-state index is 12.9. The first-order valence-corrected chi connectivity index (χ1v) is 9.33. The highest BCUT2D eigenvalue weighted by Crippen LogP contribution is 2.27. The largest absolute Gasteiger partial charge is 0.328 e. The summed E-state index contributed by atoms with van der Waals surface area (Å²) >= 11 is 0. The van der Waals surface area contributed by atoms with Gasteiger partial charge in [0.15, 0.2) is 12.2 Å². The molecular formula is C21H22N6O2. The van der Waals surface area contributed by atoms with Crippen LogP contribution in [0.5, 0.6) is 0 Å². The Hall–Kier alpha value is -3.68. The van der Waals surface area contributed by atoms with E-state index in [1.165, 1.54) is 11.9 Å². The van der Waals surface area contributed by atoms with Gasteiger partial charge in [-0.25, -0.2) is 15.2 Å². The van der Waals surface area contributed by atoms with E-state index in [4.69, 9.17) is 0 Å². The summed E-state index contributed by atoms with van der Waals surface area (Å²) in [5, 5.41) is 4.29. The minimum Gasteiger partial charge on any atom is -0.321 e. The van der Waals surface area contributed by atoms with Crippen molar-refractivity contribution < 1.29 is 9.59 Å². The zero-order valence-corrected chi connectivity index (χ0v) is 16.3. The fourth-order valence-corrected chi connectivity index (χ4v) is 3.51. The zero-order chi connectivity index (χ0) is 20.4. The van der Waals surface area contributed by atoms with Crippen LogP contribution in [0.1, 0.15) is 11.1 Å². The summed E-state index contributed by atoms with van der Waals surface area (Å²) in [7, 11) is 3.15. The molecule has 0 aliphatic carbocycles. The molecule has 1 fully saturated rings. The summed E-state index contributed by atoms with van der Waals surface area (Å²) in [4.78, 5) is 34.3. The van der Waals surface area contributed by atoms with Crippen LogP contribution in [0.3, 0.4) is 0 Å². The first-order chi connectivity index (χ1) is 14.1. The minimum atomic E-state index is -0.600. The molecule has 0 radical (unpaired) electrons. The summed E-state index contributed by atoms with van der Waals surface area (Å²) < 4.78 is 0. The number of fused-ring (bicyclic) bond motifs is 1. The number of hydrogen-bond donors (Lipinski definition) is 1. The van der Waals surface area contributed by atoms with Crippen LogP contribution in [0.25, 0.3) is 0 Å². The fraction of sp³-hybridized carbons (Fsp3) is 0.238. The number of carbonyl (C=O) groups excluding carboxylic acids is 2. The zero-order valence-electron chi connectivity index (χ0n) is 16.3. The van der Waals surface area contributed by atoms with Crippen molar-refractivity contribution in [3.63, 3.8) is 0 Å². The van der Waals surface area contributed by atoms with Crippen molar-refractivity contribution in [1.29, 1.82) is 0 Å². The van der Waals surface area contributed by atoms with E-state index in [1.807, 2.05) is 65.6 Å². The topological polar surface area (TPSA) is 80.6 Å². The Morgan fingerprint density at radius 3 is 2.38 bits per heavy atom. The van der Waals surface area contributed by atoms with E-state index in [2.05, 4.69) is 15.5 Å². The molecular weight excluding hydrogens is 368 g/mol. The number of benzene rings is 2. The van der Waals surface area contributed by atoms with Crippen molar-refractivity contribution in [2.75, 3.05) is 14.1 Å². The highest BCUT2D eigenvalue weighted by atomic mass is 16.2. The lowest BCUT2D eigenvalue weighted by molar-refractivity contribution is -0.136. The SMILES string of the molecule is CN1C(=O)C2C(N=C(N/N=C/c3ccccc3)N2Cc2ccccc2)N(C)C1=O. The molecule has 1 N–H and O–H groups in total. The maximum Gasteiger partial charge on any atom is 0.328 e. The number of rotatable bonds is 4. The highest BCUT2D eigenvalue weighted by molar-refractivity contribution is 6.03. The van der Waals surface area contributed by atoms with Gasteiger partial charge in [-0.05, 0) is 11.1 Å². The average molecular weight is 390 g/mol. The number of urea groups is 1. The number of aliphatic imine (C=N–C) groups is 1. The first kappa shape index (κ1) is 18.7. The lowest BCUT2D eigenvalue weighted by Gasteiger charge is -2.39. The van der Waals surface area contributed by atoms with Crippen molar-refractivity contribution in [2.24, 2.45) is 10.1 Å². The Morgan fingerprint density at radius 1 is 1.03 bits per heavy atom. The van der Waals surface area contributed by atoms with Gasteiger partial charge in [-0.1, -0.05) is 60.7 Å². The third kappa shape index (κ3) is 3.56. The number of amides is 3. The van der Waals surface area contributed by atoms with E-state index in [1.54, 1.807) is 13.3 Å². The Labute approximate surface area is 169 Å². The molecule has 2 aliphatic heterocycles. The number of hydrogen-bond acceptors (Lipinski definition) is 6. The minimum absolute atomic E-state index is 0.276. The van der Waals surface area contributed by atoms with Gasteiger partial charge in [0.05, 0.1) is 6.21 Å². The van der Waals surface area contributed by atoms with Gasteiger partial charge in [0.1, 0.15) is 0 Å². The highest BCUT2D eigenvalue weighted by Gasteiger charge is 2.51. The second-order valence-electron chi connectivity index (χ2n) is 7.00. The van der Waals surface area contributed by atoms with Crippen LogP contribution in [0.15, 0.2) is 70.8 Å². The Bertz CT molecular complexity index is 960. The number of guanidine groups is 1. The van der Waals surface area contributed by atoms with Crippen LogP contribution in [0.2, 0.25) is 0 Å². The van der Waals surface area contributed by atoms with E-state index in [0.29, 0.717) is 12.5 Å². The first-order valence-electron chi connectivity index (χ1n) is 9.33. The number of carbonyl (C=O) groups is 2. The number of nitrogens with zero attached hydrogens (tertiary/aromatic N) is 5. The molecule has 2 aromatic carbocycles. The monoisotopic (exact) mass is 390 g/mol. The third-order valence-electron chi connectivity index (χ3n) is 5.09. The third-order valence-corrected chi connectivity index (χ3v) is 5.09. The van der Waals surface area contributed by atoms with Crippen molar-refractivity contribution in [1.82, 2.24) is 20.1 Å². The molecule has 2 heterocycles. The predicted molar refractivity (Wildman–Crippen MR) is 110 cm³/mol. The molecule has 2 atom stereocenters. The second kappa shape index (κ2) is 7.75. The standard InChI is InChI=1S/C21H22N6O2/c1-25-18-17(19(28)26(2)21(25)29)27(14-16-11-7-4-8-12-16)20(23-18)24-22-13-15-9-5-3-6-10-15/h3-13,17-18H,14H2,1-2H3,(H,23,24)/b22-13+. The van der Waals surface area contributed by atoms with E-state index in [9.17, 15) is 9.59 Å². The number of hydrazone groups is 1. The molecule has 148 valence electrons. The molecule has 2 aromatic rings. The fourth-order valence-electron chi connectivity index (χ4n) is 3.51. The summed E-state index contributed by atoms with van der Waals surface area (Å²) in [5.74, 6) is 0.181. The summed E-state index contributed by atoms with van der Waals surface area (Å²) in [6.45, 7) is 0.469. The molecule has 1 saturated heterocycles. The van der Waals surface area contributed by atoms with E-state index in [-0.39, 0.29) is 11.9 Å². The summed E-state index contributed by atoms with van der Waals surface area (Å²) in [5.41, 5.74) is 4.94. The molecule has 4 rings (SSSR count). The smallest absolute Gasteiger partial charge is 0.321 e. The van der Waals surface area contributed by atoms with Gasteiger partial charge in [0.2, 0.25) is 5.96 Å². The van der Waals surface area contributed by atoms with Crippen molar-refractivity contribution in [3.8, 4) is 0 Å². The maximum absolute atomic E-state index is 12.9. The molecule has 2 aliphatic rings. The Morgan fingerprint density at radius 2 is 1.69 bits per heavy atom. The lowest BCUT2D eigenvalue weighted by Crippen LogP contribution is -2.64.